The van der Waals surface area contributed by atoms with E-state index in [0.29, 0.717) is 63.4 Å². The maximum atomic E-state index is 14.5. The van der Waals surface area contributed by atoms with E-state index in [-0.39, 0.29) is 74.1 Å². The largest absolute Gasteiger partial charge is 0.460 e. The molecule has 4 aliphatic rings. The molecule has 4 rings (SSSR count). The van der Waals surface area contributed by atoms with Gasteiger partial charge in [-0.25, -0.2) is 4.79 Å². The Kier molecular flexibility index (Phi) is 22.9. The van der Waals surface area contributed by atoms with E-state index in [9.17, 15) is 39.3 Å². The van der Waals surface area contributed by atoms with Crippen LogP contribution in [0.3, 0.4) is 0 Å². The molecule has 0 spiro atoms. The quantitative estimate of drug-likeness (QED) is 0.134. The Balaban J connectivity index is 1.70. The van der Waals surface area contributed by atoms with Crippen molar-refractivity contribution in [2.45, 2.75) is 180 Å². The SMILES string of the molecule is CO[C@H]1C[C@@H]2CC[C@@H](C)[C@@](O)(O2)C(=O)C(=O)N2CCCC[C@H]2C(=O)O[C@H]([C@H](C)C[C@H]2CC[C@H](OCCO)[C@@H](OC)C2)CC(=O)[C@H](C)/C=C(\C)[C@@H](O)[C@@H](OC)C(=O)[C@H](C)C[C@H](C)/C=C/C=C/C=C/1C. The van der Waals surface area contributed by atoms with Gasteiger partial charge in [0, 0.05) is 58.5 Å². The van der Waals surface area contributed by atoms with Gasteiger partial charge in [-0.15, -0.1) is 0 Å². The third kappa shape index (κ3) is 15.3. The summed E-state index contributed by atoms with van der Waals surface area (Å²) in [5.41, 5.74) is 1.26. The number of piperidine rings is 1. The summed E-state index contributed by atoms with van der Waals surface area (Å²) in [6, 6.07) is -1.14. The van der Waals surface area contributed by atoms with Crippen molar-refractivity contribution < 1.29 is 67.7 Å². The predicted molar refractivity (Wildman–Crippen MR) is 256 cm³/mol. The Bertz CT molecular complexity index is 1810. The van der Waals surface area contributed by atoms with Gasteiger partial charge >= 0.3 is 5.97 Å². The van der Waals surface area contributed by atoms with Crippen LogP contribution in [0.15, 0.2) is 47.6 Å². The summed E-state index contributed by atoms with van der Waals surface area (Å²) in [5, 5.41) is 32.8. The zero-order chi connectivity index (χ0) is 50.3. The topological polar surface area (TPSA) is 205 Å². The van der Waals surface area contributed by atoms with E-state index in [1.54, 1.807) is 41.1 Å². The smallest absolute Gasteiger partial charge is 0.329 e. The number of ether oxygens (including phenoxy) is 6. The normalized spacial score (nSPS) is 39.2. The Morgan fingerprint density at radius 2 is 1.59 bits per heavy atom. The first kappa shape index (κ1) is 57.2. The van der Waals surface area contributed by atoms with Crippen LogP contribution in [0.5, 0.6) is 0 Å². The number of rotatable bonds is 9. The number of hydrogen-bond donors (Lipinski definition) is 3. The molecule has 3 N–H and O–H groups in total. The van der Waals surface area contributed by atoms with E-state index >= 15 is 0 Å². The van der Waals surface area contributed by atoms with Crippen molar-refractivity contribution in [1.82, 2.24) is 4.90 Å². The Morgan fingerprint density at radius 1 is 0.853 bits per heavy atom. The highest BCUT2D eigenvalue weighted by Crippen LogP contribution is 2.38. The molecule has 2 saturated heterocycles. The zero-order valence-corrected chi connectivity index (χ0v) is 42.4. The molecule has 0 unspecified atom stereocenters. The zero-order valence-electron chi connectivity index (χ0n) is 42.4. The summed E-state index contributed by atoms with van der Waals surface area (Å²) in [4.78, 5) is 72.1. The number of Topliss-reactive ketones (excluding diaryl/α,β-unsaturated/α-hetero) is 3. The van der Waals surface area contributed by atoms with E-state index < -0.39 is 77.8 Å². The van der Waals surface area contributed by atoms with Gasteiger partial charge in [-0.2, -0.15) is 0 Å². The van der Waals surface area contributed by atoms with Crippen molar-refractivity contribution in [3.05, 3.63) is 47.6 Å². The lowest BCUT2D eigenvalue weighted by atomic mass is 9.78. The van der Waals surface area contributed by atoms with Crippen LogP contribution in [0.2, 0.25) is 0 Å². The third-order valence-corrected chi connectivity index (χ3v) is 14.9. The number of methoxy groups -OCH3 is 3. The van der Waals surface area contributed by atoms with E-state index in [0.717, 1.165) is 12.0 Å². The molecule has 0 aromatic heterocycles. The number of esters is 1. The maximum Gasteiger partial charge on any atom is 0.329 e. The third-order valence-electron chi connectivity index (χ3n) is 14.9. The number of fused-ring (bicyclic) bond motifs is 3. The number of aliphatic hydroxyl groups is 3. The first-order valence-corrected chi connectivity index (χ1v) is 25.0. The van der Waals surface area contributed by atoms with Crippen LogP contribution < -0.4 is 0 Å². The van der Waals surface area contributed by atoms with E-state index in [1.165, 1.54) is 12.0 Å². The molecule has 15 nitrogen and oxygen atoms in total. The molecule has 1 saturated carbocycles. The summed E-state index contributed by atoms with van der Waals surface area (Å²) >= 11 is 0. The van der Waals surface area contributed by atoms with Gasteiger partial charge in [0.1, 0.15) is 30.1 Å². The lowest BCUT2D eigenvalue weighted by molar-refractivity contribution is -0.265. The fraction of sp³-hybridized carbons (Fsp3) is 0.755. The molecule has 1 aliphatic carbocycles. The van der Waals surface area contributed by atoms with E-state index in [2.05, 4.69) is 0 Å². The molecule has 15 heteroatoms. The van der Waals surface area contributed by atoms with Gasteiger partial charge in [-0.05, 0) is 107 Å². The average Bonchev–Trinajstić information content (AvgIpc) is 3.32. The molecule has 0 aromatic rings. The predicted octanol–water partition coefficient (Wildman–Crippen LogP) is 6.20. The van der Waals surface area contributed by atoms with Crippen molar-refractivity contribution in [3.63, 3.8) is 0 Å². The molecule has 3 aliphatic heterocycles. The summed E-state index contributed by atoms with van der Waals surface area (Å²) in [7, 11) is 4.58. The second kappa shape index (κ2) is 27.3. The summed E-state index contributed by atoms with van der Waals surface area (Å²) < 4.78 is 35.6. The van der Waals surface area contributed by atoms with Crippen molar-refractivity contribution in [1.29, 1.82) is 0 Å². The van der Waals surface area contributed by atoms with E-state index in [4.69, 9.17) is 28.4 Å². The van der Waals surface area contributed by atoms with Crippen molar-refractivity contribution >= 4 is 29.2 Å². The average molecular weight is 958 g/mol. The number of ketones is 3. The second-order valence-electron chi connectivity index (χ2n) is 20.2. The van der Waals surface area contributed by atoms with E-state index in [1.807, 2.05) is 58.1 Å². The van der Waals surface area contributed by atoms with Crippen LogP contribution in [0.25, 0.3) is 0 Å². The second-order valence-corrected chi connectivity index (χ2v) is 20.2. The standard InChI is InChI=1S/C53H83NO14/c1-32-16-12-11-13-17-33(2)44(63-8)30-40-21-19-38(7)53(62,68-40)50(59)51(60)54-23-15-14-18-41(54)52(61)67-45(35(4)28-39-20-22-43(66-25-24-55)46(29-39)64-9)31-42(56)34(3)27-37(6)48(58)49(65-10)47(57)36(5)26-32/h11-13,16-17,27,32,34-36,38-41,43-46,48-49,55,58,62H,14-15,18-26,28-31H2,1-10H3/b13-11+,16-12+,33-17+,37-27+/t32-,34-,35-,36-,38-,39-,40+,41+,43+,44+,45+,46+,48-,49+,53-/m1/s1. The van der Waals surface area contributed by atoms with Crippen LogP contribution in [-0.2, 0) is 52.4 Å². The van der Waals surface area contributed by atoms with Gasteiger partial charge in [0.25, 0.3) is 11.7 Å². The molecule has 1 amide bonds. The highest BCUT2D eigenvalue weighted by atomic mass is 16.6. The van der Waals surface area contributed by atoms with Crippen molar-refractivity contribution in [2.24, 2.45) is 35.5 Å². The number of amides is 1. The van der Waals surface area contributed by atoms with Crippen LogP contribution in [0.1, 0.15) is 126 Å². The Labute approximate surface area is 405 Å². The fourth-order valence-electron chi connectivity index (χ4n) is 10.5. The van der Waals surface area contributed by atoms with Crippen LogP contribution in [0.4, 0.5) is 0 Å². The lowest BCUT2D eigenvalue weighted by Gasteiger charge is -2.42. The number of carbonyl (C=O) groups excluding carboxylic acids is 5. The number of hydrogen-bond acceptors (Lipinski definition) is 14. The monoisotopic (exact) mass is 958 g/mol. The molecular formula is C53H83NO14. The Morgan fingerprint density at radius 3 is 2.26 bits per heavy atom. The summed E-state index contributed by atoms with van der Waals surface area (Å²) in [6.45, 7) is 12.9. The highest BCUT2D eigenvalue weighted by Gasteiger charge is 2.53. The minimum absolute atomic E-state index is 0.0158. The first-order valence-electron chi connectivity index (χ1n) is 25.0. The molecule has 0 radical (unpaired) electrons. The maximum absolute atomic E-state index is 14.5. The fourth-order valence-corrected chi connectivity index (χ4v) is 10.5. The molecule has 2 bridgehead atoms. The van der Waals surface area contributed by atoms with Gasteiger partial charge in [0.2, 0.25) is 5.79 Å². The number of cyclic esters (lactones) is 1. The van der Waals surface area contributed by atoms with Gasteiger partial charge in [0.15, 0.2) is 5.78 Å². The molecule has 68 heavy (non-hydrogen) atoms. The number of allylic oxidation sites excluding steroid dienone is 6. The number of carbonyl (C=O) groups is 5. The van der Waals surface area contributed by atoms with Gasteiger partial charge < -0.3 is 48.6 Å². The molecule has 3 heterocycles. The minimum atomic E-state index is -2.43. The van der Waals surface area contributed by atoms with Crippen LogP contribution >= 0.6 is 0 Å². The Hall–Kier alpha value is -3.41. The molecular weight excluding hydrogens is 875 g/mol. The van der Waals surface area contributed by atoms with Crippen molar-refractivity contribution in [3.8, 4) is 0 Å². The lowest BCUT2D eigenvalue weighted by Crippen LogP contribution is -2.61. The molecule has 0 aromatic carbocycles. The van der Waals surface area contributed by atoms with Crippen LogP contribution in [0, 0.1) is 35.5 Å². The molecule has 15 atom stereocenters. The van der Waals surface area contributed by atoms with Crippen LogP contribution in [-0.4, -0.2) is 145 Å². The highest BCUT2D eigenvalue weighted by molar-refractivity contribution is 6.39. The van der Waals surface area contributed by atoms with Gasteiger partial charge in [-0.3, -0.25) is 19.2 Å². The summed E-state index contributed by atoms with van der Waals surface area (Å²) in [5.74, 6) is -7.96. The summed E-state index contributed by atoms with van der Waals surface area (Å²) in [6.07, 6.45) is 12.0. The minimum Gasteiger partial charge on any atom is -0.460 e. The number of aliphatic hydroxyl groups excluding tert-OH is 2. The van der Waals surface area contributed by atoms with Gasteiger partial charge in [-0.1, -0.05) is 71.1 Å². The molecule has 3 fully saturated rings. The van der Waals surface area contributed by atoms with Crippen molar-refractivity contribution in [2.75, 3.05) is 41.1 Å². The van der Waals surface area contributed by atoms with Gasteiger partial charge in [0.05, 0.1) is 37.6 Å². The molecule has 384 valence electrons. The number of nitrogens with zero attached hydrogens (tertiary/aromatic N) is 1. The first-order chi connectivity index (χ1) is 32.3.